The number of H-pyrrole nitrogens is 1. The lowest BCUT2D eigenvalue weighted by atomic mass is 9.89. The molecule has 5 rings (SSSR count). The third kappa shape index (κ3) is 4.40. The van der Waals surface area contributed by atoms with Crippen molar-refractivity contribution in [2.45, 2.75) is 25.2 Å². The molecule has 0 saturated carbocycles. The van der Waals surface area contributed by atoms with Gasteiger partial charge in [-0.05, 0) is 53.5 Å². The summed E-state index contributed by atoms with van der Waals surface area (Å²) in [4.78, 5) is 21.1. The number of nitrogens with one attached hydrogen (secondary N) is 1. The summed E-state index contributed by atoms with van der Waals surface area (Å²) >= 11 is 1.63. The molecule has 2 N–H and O–H groups in total. The van der Waals surface area contributed by atoms with Crippen LogP contribution in [0, 0.1) is 0 Å². The largest absolute Gasteiger partial charge is 0.481 e. The SMILES string of the molecule is O=C(O)Cc1ccc(C2CCN(c3ccc(-c4nnc(-c5ccsc5)[nH]4)cn3)CC2)cc1. The molecule has 1 saturated heterocycles. The Kier molecular flexibility index (Phi) is 5.68. The van der Waals surface area contributed by atoms with Gasteiger partial charge < -0.3 is 15.0 Å². The van der Waals surface area contributed by atoms with Crippen LogP contribution in [0.25, 0.3) is 22.8 Å². The van der Waals surface area contributed by atoms with E-state index in [1.807, 2.05) is 47.3 Å². The van der Waals surface area contributed by atoms with Crippen LogP contribution in [-0.4, -0.2) is 44.3 Å². The van der Waals surface area contributed by atoms with E-state index in [0.29, 0.717) is 5.92 Å². The maximum atomic E-state index is 10.9. The van der Waals surface area contributed by atoms with Crippen molar-refractivity contribution in [1.82, 2.24) is 20.2 Å². The molecule has 162 valence electrons. The summed E-state index contributed by atoms with van der Waals surface area (Å²) in [6.07, 6.45) is 4.02. The molecule has 1 aliphatic rings. The highest BCUT2D eigenvalue weighted by Crippen LogP contribution is 2.30. The molecular formula is C24H23N5O2S. The number of piperidine rings is 1. The first kappa shape index (κ1) is 20.4. The standard InChI is InChI=1S/C24H23N5O2S/c30-22(31)13-16-1-3-17(4-2-16)18-7-10-29(11-8-18)21-6-5-19(14-25-21)23-26-24(28-27-23)20-9-12-32-15-20/h1-6,9,12,14-15,18H,7-8,10-11,13H2,(H,30,31)(H,26,27,28). The summed E-state index contributed by atoms with van der Waals surface area (Å²) < 4.78 is 0. The van der Waals surface area contributed by atoms with E-state index in [0.717, 1.165) is 60.1 Å². The minimum absolute atomic E-state index is 0.0732. The van der Waals surface area contributed by atoms with Gasteiger partial charge in [-0.3, -0.25) is 4.79 Å². The Morgan fingerprint density at radius 3 is 2.41 bits per heavy atom. The summed E-state index contributed by atoms with van der Waals surface area (Å²) in [6.45, 7) is 1.89. The van der Waals surface area contributed by atoms with Crippen molar-refractivity contribution in [2.75, 3.05) is 18.0 Å². The van der Waals surface area contributed by atoms with Gasteiger partial charge in [0.2, 0.25) is 0 Å². The smallest absolute Gasteiger partial charge is 0.307 e. The Morgan fingerprint density at radius 1 is 1.03 bits per heavy atom. The first-order valence-corrected chi connectivity index (χ1v) is 11.6. The van der Waals surface area contributed by atoms with Gasteiger partial charge in [0, 0.05) is 35.8 Å². The number of anilines is 1. The van der Waals surface area contributed by atoms with Gasteiger partial charge in [0.1, 0.15) is 5.82 Å². The number of aromatic amines is 1. The number of pyridine rings is 1. The fraction of sp³-hybridized carbons (Fsp3) is 0.250. The van der Waals surface area contributed by atoms with E-state index in [1.54, 1.807) is 11.3 Å². The van der Waals surface area contributed by atoms with Crippen molar-refractivity contribution in [2.24, 2.45) is 0 Å². The van der Waals surface area contributed by atoms with Gasteiger partial charge >= 0.3 is 5.97 Å². The molecule has 3 aromatic heterocycles. The van der Waals surface area contributed by atoms with Crippen molar-refractivity contribution >= 4 is 23.1 Å². The lowest BCUT2D eigenvalue weighted by molar-refractivity contribution is -0.136. The molecule has 0 bridgehead atoms. The number of aliphatic carboxylic acids is 1. The predicted octanol–water partition coefficient (Wildman–Crippen LogP) is 4.61. The van der Waals surface area contributed by atoms with Crippen LogP contribution in [0.5, 0.6) is 0 Å². The number of carboxylic acid groups (broad SMARTS) is 1. The van der Waals surface area contributed by atoms with Crippen molar-refractivity contribution in [3.63, 3.8) is 0 Å². The zero-order chi connectivity index (χ0) is 21.9. The Balaban J connectivity index is 1.20. The number of thiophene rings is 1. The molecule has 0 amide bonds. The molecule has 32 heavy (non-hydrogen) atoms. The van der Waals surface area contributed by atoms with E-state index in [1.165, 1.54) is 5.56 Å². The van der Waals surface area contributed by atoms with Crippen LogP contribution in [-0.2, 0) is 11.2 Å². The molecule has 4 aromatic rings. The molecule has 1 fully saturated rings. The number of hydrogen-bond donors (Lipinski definition) is 2. The second-order valence-corrected chi connectivity index (χ2v) is 8.79. The lowest BCUT2D eigenvalue weighted by Crippen LogP contribution is -2.33. The third-order valence-electron chi connectivity index (χ3n) is 5.93. The van der Waals surface area contributed by atoms with Gasteiger partial charge in [0.25, 0.3) is 0 Å². The van der Waals surface area contributed by atoms with Crippen LogP contribution in [0.2, 0.25) is 0 Å². The highest BCUT2D eigenvalue weighted by molar-refractivity contribution is 7.08. The number of benzene rings is 1. The number of aromatic nitrogens is 4. The molecule has 0 aliphatic carbocycles. The van der Waals surface area contributed by atoms with E-state index in [9.17, 15) is 4.79 Å². The second kappa shape index (κ2) is 8.92. The van der Waals surface area contributed by atoms with E-state index < -0.39 is 5.97 Å². The van der Waals surface area contributed by atoms with Gasteiger partial charge in [0.15, 0.2) is 11.6 Å². The van der Waals surface area contributed by atoms with Crippen molar-refractivity contribution in [3.8, 4) is 22.8 Å². The van der Waals surface area contributed by atoms with Crippen LogP contribution in [0.15, 0.2) is 59.4 Å². The third-order valence-corrected chi connectivity index (χ3v) is 6.61. The van der Waals surface area contributed by atoms with Crippen molar-refractivity contribution in [3.05, 3.63) is 70.5 Å². The van der Waals surface area contributed by atoms with Crippen molar-refractivity contribution < 1.29 is 9.90 Å². The molecular weight excluding hydrogens is 422 g/mol. The van der Waals surface area contributed by atoms with Gasteiger partial charge in [-0.2, -0.15) is 11.3 Å². The normalized spacial score (nSPS) is 14.6. The molecule has 8 heteroatoms. The Hall–Kier alpha value is -3.52. The number of hydrogen-bond acceptors (Lipinski definition) is 6. The topological polar surface area (TPSA) is 95.0 Å². The lowest BCUT2D eigenvalue weighted by Gasteiger charge is -2.33. The van der Waals surface area contributed by atoms with Crippen LogP contribution in [0.3, 0.4) is 0 Å². The number of carboxylic acids is 1. The molecule has 0 atom stereocenters. The molecule has 7 nitrogen and oxygen atoms in total. The van der Waals surface area contributed by atoms with E-state index in [2.05, 4.69) is 37.2 Å². The highest BCUT2D eigenvalue weighted by atomic mass is 32.1. The quantitative estimate of drug-likeness (QED) is 0.450. The number of carbonyl (C=O) groups is 1. The van der Waals surface area contributed by atoms with E-state index in [-0.39, 0.29) is 6.42 Å². The highest BCUT2D eigenvalue weighted by Gasteiger charge is 2.21. The molecule has 0 spiro atoms. The first-order valence-electron chi connectivity index (χ1n) is 10.6. The maximum Gasteiger partial charge on any atom is 0.307 e. The average Bonchev–Trinajstić information content (AvgIpc) is 3.52. The minimum atomic E-state index is -0.796. The Morgan fingerprint density at radius 2 is 1.78 bits per heavy atom. The van der Waals surface area contributed by atoms with Crippen LogP contribution >= 0.6 is 11.3 Å². The van der Waals surface area contributed by atoms with Crippen LogP contribution in [0.1, 0.15) is 29.9 Å². The summed E-state index contributed by atoms with van der Waals surface area (Å²) in [5, 5.41) is 21.5. The summed E-state index contributed by atoms with van der Waals surface area (Å²) in [5.41, 5.74) is 4.09. The zero-order valence-electron chi connectivity index (χ0n) is 17.4. The van der Waals surface area contributed by atoms with Gasteiger partial charge in [0.05, 0.1) is 6.42 Å². The number of rotatable bonds is 6. The van der Waals surface area contributed by atoms with Crippen LogP contribution < -0.4 is 4.90 Å². The zero-order valence-corrected chi connectivity index (χ0v) is 18.3. The maximum absolute atomic E-state index is 10.9. The van der Waals surface area contributed by atoms with Gasteiger partial charge in [-0.1, -0.05) is 24.3 Å². The summed E-state index contributed by atoms with van der Waals surface area (Å²) in [7, 11) is 0. The van der Waals surface area contributed by atoms with Crippen LogP contribution in [0.4, 0.5) is 5.82 Å². The van der Waals surface area contributed by atoms with Crippen molar-refractivity contribution in [1.29, 1.82) is 0 Å². The Labute approximate surface area is 189 Å². The molecule has 0 unspecified atom stereocenters. The fourth-order valence-corrected chi connectivity index (χ4v) is 4.80. The molecule has 0 radical (unpaired) electrons. The van der Waals surface area contributed by atoms with E-state index >= 15 is 0 Å². The monoisotopic (exact) mass is 445 g/mol. The molecule has 4 heterocycles. The minimum Gasteiger partial charge on any atom is -0.481 e. The van der Waals surface area contributed by atoms with E-state index in [4.69, 9.17) is 5.11 Å². The predicted molar refractivity (Wildman–Crippen MR) is 125 cm³/mol. The van der Waals surface area contributed by atoms with Gasteiger partial charge in [-0.15, -0.1) is 10.2 Å². The first-order chi connectivity index (χ1) is 15.7. The summed E-state index contributed by atoms with van der Waals surface area (Å²) in [6, 6.07) is 14.1. The fourth-order valence-electron chi connectivity index (χ4n) is 4.16. The number of nitrogens with zero attached hydrogens (tertiary/aromatic N) is 4. The molecule has 1 aliphatic heterocycles. The molecule has 1 aromatic carbocycles. The summed E-state index contributed by atoms with van der Waals surface area (Å²) in [5.74, 6) is 2.16. The Bertz CT molecular complexity index is 1180. The van der Waals surface area contributed by atoms with Gasteiger partial charge in [-0.25, -0.2) is 4.98 Å². The average molecular weight is 446 g/mol. The second-order valence-electron chi connectivity index (χ2n) is 8.01.